The number of nitrogens with one attached hydrogen (secondary N) is 2. The molecule has 2 aliphatic rings. The lowest BCUT2D eigenvalue weighted by molar-refractivity contribution is -0.126. The Bertz CT molecular complexity index is 940. The maximum absolute atomic E-state index is 13.2. The van der Waals surface area contributed by atoms with Crippen molar-refractivity contribution >= 4 is 46.4 Å². The lowest BCUT2D eigenvalue weighted by Crippen LogP contribution is -2.56. The van der Waals surface area contributed by atoms with Gasteiger partial charge in [-0.25, -0.2) is 10.4 Å². The van der Waals surface area contributed by atoms with Gasteiger partial charge in [-0.1, -0.05) is 48.3 Å². The second-order valence-electron chi connectivity index (χ2n) is 7.75. The molecule has 2 aromatic carbocycles. The van der Waals surface area contributed by atoms with Gasteiger partial charge >= 0.3 is 0 Å². The van der Waals surface area contributed by atoms with Crippen LogP contribution in [0.5, 0.6) is 0 Å². The van der Waals surface area contributed by atoms with E-state index >= 15 is 0 Å². The number of para-hydroxylation sites is 1. The molecule has 0 radical (unpaired) electrons. The Balaban J connectivity index is 1.58. The highest BCUT2D eigenvalue weighted by atomic mass is 35.5. The predicted octanol–water partition coefficient (Wildman–Crippen LogP) is 3.81. The number of hydrazine groups is 1. The van der Waals surface area contributed by atoms with Crippen LogP contribution in [0, 0.1) is 11.8 Å². The van der Waals surface area contributed by atoms with Crippen molar-refractivity contribution in [1.82, 2.24) is 10.3 Å². The van der Waals surface area contributed by atoms with Crippen LogP contribution in [0.15, 0.2) is 48.5 Å². The first-order valence-corrected chi connectivity index (χ1v) is 10.9. The molecule has 3 atom stereocenters. The van der Waals surface area contributed by atoms with Crippen molar-refractivity contribution in [3.63, 3.8) is 0 Å². The van der Waals surface area contributed by atoms with E-state index in [4.69, 9.17) is 23.2 Å². The lowest BCUT2D eigenvalue weighted by Gasteiger charge is -2.38. The van der Waals surface area contributed by atoms with Gasteiger partial charge in [0.15, 0.2) is 0 Å². The molecule has 2 amide bonds. The lowest BCUT2D eigenvalue weighted by atomic mass is 9.84. The number of rotatable bonds is 5. The standard InChI is InChI=1S/C22H24Cl2N4O2/c1-2-10-27-12-16(21(29)25-14-8-9-18(23)19(24)11-14)20-17(13-27)22(30)28(26-20)15-6-4-3-5-7-15/h3-9,11,16-17,20,26H,2,10,12-13H2,1H3,(H,25,29). The van der Waals surface area contributed by atoms with E-state index in [1.54, 1.807) is 23.2 Å². The number of likely N-dealkylation sites (tertiary alicyclic amines) is 1. The minimum atomic E-state index is -0.387. The number of anilines is 2. The first kappa shape index (κ1) is 21.1. The van der Waals surface area contributed by atoms with Gasteiger partial charge in [-0.05, 0) is 43.3 Å². The smallest absolute Gasteiger partial charge is 0.247 e. The zero-order chi connectivity index (χ0) is 21.3. The molecule has 6 nitrogen and oxygen atoms in total. The Hall–Kier alpha value is -2.12. The van der Waals surface area contributed by atoms with Crippen LogP contribution in [-0.4, -0.2) is 42.4 Å². The van der Waals surface area contributed by atoms with Crippen LogP contribution in [0.2, 0.25) is 10.0 Å². The fourth-order valence-electron chi connectivity index (χ4n) is 4.26. The van der Waals surface area contributed by atoms with Crippen molar-refractivity contribution < 1.29 is 9.59 Å². The van der Waals surface area contributed by atoms with E-state index in [0.717, 1.165) is 18.7 Å². The molecular formula is C22H24Cl2N4O2. The normalized spacial score (nSPS) is 24.0. The number of fused-ring (bicyclic) bond motifs is 1. The Morgan fingerprint density at radius 1 is 1.13 bits per heavy atom. The van der Waals surface area contributed by atoms with Crippen LogP contribution in [-0.2, 0) is 9.59 Å². The number of hydrogen-bond donors (Lipinski definition) is 2. The molecule has 8 heteroatoms. The number of piperidine rings is 1. The van der Waals surface area contributed by atoms with Crippen molar-refractivity contribution in [2.24, 2.45) is 11.8 Å². The fraction of sp³-hybridized carbons (Fsp3) is 0.364. The average Bonchev–Trinajstić information content (AvgIpc) is 3.08. The molecule has 2 saturated heterocycles. The van der Waals surface area contributed by atoms with Gasteiger partial charge in [0.05, 0.1) is 33.6 Å². The molecule has 2 heterocycles. The Labute approximate surface area is 186 Å². The van der Waals surface area contributed by atoms with Gasteiger partial charge in [0.2, 0.25) is 11.8 Å². The van der Waals surface area contributed by atoms with Crippen LogP contribution in [0.4, 0.5) is 11.4 Å². The number of hydrogen-bond acceptors (Lipinski definition) is 4. The van der Waals surface area contributed by atoms with Gasteiger partial charge in [0.1, 0.15) is 0 Å². The molecule has 0 bridgehead atoms. The predicted molar refractivity (Wildman–Crippen MR) is 120 cm³/mol. The second kappa shape index (κ2) is 8.94. The number of amides is 2. The van der Waals surface area contributed by atoms with Gasteiger partial charge < -0.3 is 10.2 Å². The first-order valence-electron chi connectivity index (χ1n) is 10.1. The van der Waals surface area contributed by atoms with E-state index in [9.17, 15) is 9.59 Å². The van der Waals surface area contributed by atoms with Crippen molar-refractivity contribution in [2.45, 2.75) is 19.4 Å². The molecule has 3 unspecified atom stereocenters. The second-order valence-corrected chi connectivity index (χ2v) is 8.57. The molecular weight excluding hydrogens is 423 g/mol. The summed E-state index contributed by atoms with van der Waals surface area (Å²) in [5.41, 5.74) is 4.67. The van der Waals surface area contributed by atoms with Gasteiger partial charge in [-0.15, -0.1) is 0 Å². The highest BCUT2D eigenvalue weighted by Gasteiger charge is 2.50. The number of halogens is 2. The Morgan fingerprint density at radius 2 is 1.90 bits per heavy atom. The summed E-state index contributed by atoms with van der Waals surface area (Å²) in [5, 5.41) is 5.35. The third kappa shape index (κ3) is 4.18. The first-order chi connectivity index (χ1) is 14.5. The maximum Gasteiger partial charge on any atom is 0.247 e. The van der Waals surface area contributed by atoms with Crippen LogP contribution in [0.25, 0.3) is 0 Å². The van der Waals surface area contributed by atoms with Crippen molar-refractivity contribution in [3.8, 4) is 0 Å². The summed E-state index contributed by atoms with van der Waals surface area (Å²) in [6.07, 6.45) is 0.961. The monoisotopic (exact) mass is 446 g/mol. The SMILES string of the molecule is CCCN1CC(C(=O)Nc2ccc(Cl)c(Cl)c2)C2NN(c3ccccc3)C(=O)C2C1. The number of carbonyl (C=O) groups is 2. The average molecular weight is 447 g/mol. The maximum atomic E-state index is 13.2. The van der Waals surface area contributed by atoms with E-state index in [-0.39, 0.29) is 29.7 Å². The molecule has 0 saturated carbocycles. The molecule has 2 fully saturated rings. The van der Waals surface area contributed by atoms with E-state index in [1.807, 2.05) is 30.3 Å². The molecule has 158 valence electrons. The summed E-state index contributed by atoms with van der Waals surface area (Å²) in [6.45, 7) is 4.18. The highest BCUT2D eigenvalue weighted by molar-refractivity contribution is 6.42. The zero-order valence-corrected chi connectivity index (χ0v) is 18.2. The molecule has 0 spiro atoms. The largest absolute Gasteiger partial charge is 0.326 e. The highest BCUT2D eigenvalue weighted by Crippen LogP contribution is 2.33. The molecule has 2 aliphatic heterocycles. The zero-order valence-electron chi connectivity index (χ0n) is 16.6. The molecule has 2 aromatic rings. The van der Waals surface area contributed by atoms with Crippen molar-refractivity contribution in [3.05, 3.63) is 58.6 Å². The van der Waals surface area contributed by atoms with Gasteiger partial charge in [-0.2, -0.15) is 0 Å². The third-order valence-corrected chi connectivity index (χ3v) is 6.41. The van der Waals surface area contributed by atoms with Crippen LogP contribution in [0.1, 0.15) is 13.3 Å². The number of benzene rings is 2. The van der Waals surface area contributed by atoms with E-state index < -0.39 is 0 Å². The van der Waals surface area contributed by atoms with E-state index in [0.29, 0.717) is 28.8 Å². The number of carbonyl (C=O) groups excluding carboxylic acids is 2. The van der Waals surface area contributed by atoms with Gasteiger partial charge in [0.25, 0.3) is 0 Å². The summed E-state index contributed by atoms with van der Waals surface area (Å²) in [6, 6.07) is 14.2. The molecule has 30 heavy (non-hydrogen) atoms. The summed E-state index contributed by atoms with van der Waals surface area (Å²) >= 11 is 12.1. The summed E-state index contributed by atoms with van der Waals surface area (Å²) in [4.78, 5) is 28.6. The van der Waals surface area contributed by atoms with Crippen molar-refractivity contribution in [1.29, 1.82) is 0 Å². The summed E-state index contributed by atoms with van der Waals surface area (Å²) < 4.78 is 0. The Kier molecular flexibility index (Phi) is 6.29. The summed E-state index contributed by atoms with van der Waals surface area (Å²) in [5.74, 6) is -0.809. The van der Waals surface area contributed by atoms with Crippen LogP contribution in [0.3, 0.4) is 0 Å². The third-order valence-electron chi connectivity index (χ3n) is 5.67. The summed E-state index contributed by atoms with van der Waals surface area (Å²) in [7, 11) is 0. The van der Waals surface area contributed by atoms with Gasteiger partial charge in [0, 0.05) is 18.8 Å². The van der Waals surface area contributed by atoms with Crippen LogP contribution >= 0.6 is 23.2 Å². The van der Waals surface area contributed by atoms with E-state index in [2.05, 4.69) is 22.6 Å². The molecule has 2 N–H and O–H groups in total. The van der Waals surface area contributed by atoms with Crippen LogP contribution < -0.4 is 15.8 Å². The molecule has 4 rings (SSSR count). The Morgan fingerprint density at radius 3 is 2.60 bits per heavy atom. The molecule has 0 aromatic heterocycles. The minimum Gasteiger partial charge on any atom is -0.326 e. The quantitative estimate of drug-likeness (QED) is 0.732. The minimum absolute atomic E-state index is 0.000611. The fourth-order valence-corrected chi connectivity index (χ4v) is 4.56. The topological polar surface area (TPSA) is 64.7 Å². The van der Waals surface area contributed by atoms with Crippen molar-refractivity contribution in [2.75, 3.05) is 30.0 Å². The molecule has 0 aliphatic carbocycles. The van der Waals surface area contributed by atoms with Gasteiger partial charge in [-0.3, -0.25) is 9.59 Å². The van der Waals surface area contributed by atoms with E-state index in [1.165, 1.54) is 0 Å². The number of nitrogens with zero attached hydrogens (tertiary/aromatic N) is 2.